The third kappa shape index (κ3) is 7.94. The van der Waals surface area contributed by atoms with Gasteiger partial charge in [-0.15, -0.1) is 0 Å². The van der Waals surface area contributed by atoms with E-state index in [1.165, 1.54) is 0 Å². The molecule has 1 aromatic carbocycles. The molecule has 0 bridgehead atoms. The molecule has 0 aliphatic carbocycles. The molecular formula is C21H30N4O3. The number of aliphatic imine (C=N–C) groups is 1. The molecule has 2 rings (SSSR count). The van der Waals surface area contributed by atoms with Crippen molar-refractivity contribution in [2.24, 2.45) is 4.99 Å². The van der Waals surface area contributed by atoms with Crippen molar-refractivity contribution >= 4 is 5.96 Å². The minimum absolute atomic E-state index is 0.00668. The van der Waals surface area contributed by atoms with Gasteiger partial charge < -0.3 is 24.7 Å². The average molecular weight is 386 g/mol. The van der Waals surface area contributed by atoms with Crippen LogP contribution in [0.25, 0.3) is 0 Å². The molecule has 1 aromatic heterocycles. The molecule has 0 saturated carbocycles. The number of rotatable bonds is 11. The Morgan fingerprint density at radius 2 is 1.82 bits per heavy atom. The van der Waals surface area contributed by atoms with Crippen LogP contribution in [-0.2, 0) is 22.6 Å². The van der Waals surface area contributed by atoms with Gasteiger partial charge in [0.05, 0.1) is 19.8 Å². The summed E-state index contributed by atoms with van der Waals surface area (Å²) in [4.78, 5) is 16.0. The number of nitrogens with one attached hydrogen (secondary N) is 2. The van der Waals surface area contributed by atoms with E-state index in [0.29, 0.717) is 32.9 Å². The van der Waals surface area contributed by atoms with E-state index in [1.807, 2.05) is 18.2 Å². The average Bonchev–Trinajstić information content (AvgIpc) is 2.72. The van der Waals surface area contributed by atoms with Crippen LogP contribution in [0.15, 0.2) is 58.4 Å². The van der Waals surface area contributed by atoms with Gasteiger partial charge in [-0.2, -0.15) is 0 Å². The van der Waals surface area contributed by atoms with Crippen molar-refractivity contribution in [3.8, 4) is 0 Å². The van der Waals surface area contributed by atoms with Crippen molar-refractivity contribution in [2.75, 3.05) is 40.5 Å². The zero-order chi connectivity index (χ0) is 20.0. The second kappa shape index (κ2) is 12.7. The summed E-state index contributed by atoms with van der Waals surface area (Å²) in [6, 6.07) is 13.4. The first kappa shape index (κ1) is 21.7. The molecule has 0 radical (unpaired) electrons. The van der Waals surface area contributed by atoms with Crippen LogP contribution in [0.3, 0.4) is 0 Å². The number of hydrogen-bond acceptors (Lipinski definition) is 4. The third-order valence-electron chi connectivity index (χ3n) is 4.15. The van der Waals surface area contributed by atoms with E-state index in [9.17, 15) is 4.79 Å². The lowest BCUT2D eigenvalue weighted by Gasteiger charge is -2.12. The predicted octanol–water partition coefficient (Wildman–Crippen LogP) is 1.61. The Labute approximate surface area is 166 Å². The maximum atomic E-state index is 11.8. The van der Waals surface area contributed by atoms with E-state index in [1.54, 1.807) is 37.1 Å². The van der Waals surface area contributed by atoms with Crippen LogP contribution >= 0.6 is 0 Å². The Kier molecular flexibility index (Phi) is 9.82. The predicted molar refractivity (Wildman–Crippen MR) is 112 cm³/mol. The van der Waals surface area contributed by atoms with Crippen molar-refractivity contribution in [3.63, 3.8) is 0 Å². The van der Waals surface area contributed by atoms with E-state index in [4.69, 9.17) is 9.47 Å². The summed E-state index contributed by atoms with van der Waals surface area (Å²) in [7, 11) is 3.42. The SMILES string of the molecule is CN=C(NCCCOCCOC)NCc1ccc(Cn2ccccc2=O)cc1. The van der Waals surface area contributed by atoms with Crippen molar-refractivity contribution in [1.29, 1.82) is 0 Å². The minimum Gasteiger partial charge on any atom is -0.382 e. The minimum atomic E-state index is 0.00668. The van der Waals surface area contributed by atoms with Gasteiger partial charge in [-0.1, -0.05) is 30.3 Å². The molecule has 0 atom stereocenters. The number of nitrogens with zero attached hydrogens (tertiary/aromatic N) is 2. The van der Waals surface area contributed by atoms with Gasteiger partial charge in [0.25, 0.3) is 5.56 Å². The molecule has 0 aliphatic rings. The fraction of sp³-hybridized carbons (Fsp3) is 0.429. The molecule has 7 nitrogen and oxygen atoms in total. The number of ether oxygens (including phenoxy) is 2. The lowest BCUT2D eigenvalue weighted by molar-refractivity contribution is 0.0698. The van der Waals surface area contributed by atoms with Crippen LogP contribution in [-0.4, -0.2) is 51.0 Å². The lowest BCUT2D eigenvalue weighted by Crippen LogP contribution is -2.37. The normalized spacial score (nSPS) is 11.4. The second-order valence-electron chi connectivity index (χ2n) is 6.29. The molecular weight excluding hydrogens is 356 g/mol. The first-order chi connectivity index (χ1) is 13.7. The zero-order valence-corrected chi connectivity index (χ0v) is 16.7. The van der Waals surface area contributed by atoms with Gasteiger partial charge in [0.15, 0.2) is 5.96 Å². The maximum absolute atomic E-state index is 11.8. The van der Waals surface area contributed by atoms with Crippen LogP contribution in [0.1, 0.15) is 17.5 Å². The molecule has 2 aromatic rings. The van der Waals surface area contributed by atoms with E-state index >= 15 is 0 Å². The Bertz CT molecular complexity index is 772. The summed E-state index contributed by atoms with van der Waals surface area (Å²) in [6.07, 6.45) is 2.70. The number of guanidine groups is 1. The van der Waals surface area contributed by atoms with Gasteiger partial charge in [-0.25, -0.2) is 0 Å². The molecule has 28 heavy (non-hydrogen) atoms. The number of hydrogen-bond donors (Lipinski definition) is 2. The molecule has 0 unspecified atom stereocenters. The maximum Gasteiger partial charge on any atom is 0.250 e. The molecule has 0 fully saturated rings. The molecule has 0 amide bonds. The molecule has 0 saturated heterocycles. The standard InChI is InChI=1S/C21H30N4O3/c1-22-21(23-11-5-13-28-15-14-27-2)24-16-18-7-9-19(10-8-18)17-25-12-4-3-6-20(25)26/h3-4,6-10,12H,5,11,13-17H2,1-2H3,(H2,22,23,24). The van der Waals surface area contributed by atoms with Gasteiger partial charge in [-0.3, -0.25) is 9.79 Å². The summed E-state index contributed by atoms with van der Waals surface area (Å²) in [6.45, 7) is 3.98. The molecule has 152 valence electrons. The Balaban J connectivity index is 1.71. The number of pyridine rings is 1. The largest absolute Gasteiger partial charge is 0.382 e. The first-order valence-electron chi connectivity index (χ1n) is 9.47. The van der Waals surface area contributed by atoms with Crippen LogP contribution in [0.5, 0.6) is 0 Å². The Hall–Kier alpha value is -2.64. The highest BCUT2D eigenvalue weighted by Crippen LogP contribution is 2.05. The Morgan fingerprint density at radius 1 is 1.04 bits per heavy atom. The summed E-state index contributed by atoms with van der Waals surface area (Å²) >= 11 is 0. The molecule has 1 heterocycles. The van der Waals surface area contributed by atoms with Crippen LogP contribution in [0, 0.1) is 0 Å². The number of methoxy groups -OCH3 is 1. The van der Waals surface area contributed by atoms with E-state index < -0.39 is 0 Å². The van der Waals surface area contributed by atoms with E-state index in [2.05, 4.69) is 27.8 Å². The molecule has 0 spiro atoms. The smallest absolute Gasteiger partial charge is 0.250 e. The first-order valence-corrected chi connectivity index (χ1v) is 9.47. The van der Waals surface area contributed by atoms with Crippen LogP contribution < -0.4 is 16.2 Å². The second-order valence-corrected chi connectivity index (χ2v) is 6.29. The highest BCUT2D eigenvalue weighted by molar-refractivity contribution is 5.79. The molecule has 0 aliphatic heterocycles. The summed E-state index contributed by atoms with van der Waals surface area (Å²) < 4.78 is 12.1. The topological polar surface area (TPSA) is 76.9 Å². The quantitative estimate of drug-likeness (QED) is 0.349. The van der Waals surface area contributed by atoms with Gasteiger partial charge in [0, 0.05) is 46.1 Å². The fourth-order valence-corrected chi connectivity index (χ4v) is 2.58. The Morgan fingerprint density at radius 3 is 2.54 bits per heavy atom. The van der Waals surface area contributed by atoms with Gasteiger partial charge in [0.1, 0.15) is 0 Å². The number of benzene rings is 1. The highest BCUT2D eigenvalue weighted by atomic mass is 16.5. The van der Waals surface area contributed by atoms with E-state index in [-0.39, 0.29) is 5.56 Å². The monoisotopic (exact) mass is 386 g/mol. The van der Waals surface area contributed by atoms with E-state index in [0.717, 1.165) is 30.1 Å². The van der Waals surface area contributed by atoms with Crippen molar-refractivity contribution in [1.82, 2.24) is 15.2 Å². The fourth-order valence-electron chi connectivity index (χ4n) is 2.58. The summed E-state index contributed by atoms with van der Waals surface area (Å²) in [5.74, 6) is 0.761. The highest BCUT2D eigenvalue weighted by Gasteiger charge is 2.00. The van der Waals surface area contributed by atoms with Crippen molar-refractivity contribution in [3.05, 3.63) is 70.1 Å². The zero-order valence-electron chi connectivity index (χ0n) is 16.7. The third-order valence-corrected chi connectivity index (χ3v) is 4.15. The van der Waals surface area contributed by atoms with Gasteiger partial charge in [0.2, 0.25) is 0 Å². The molecule has 2 N–H and O–H groups in total. The van der Waals surface area contributed by atoms with Crippen LogP contribution in [0.2, 0.25) is 0 Å². The van der Waals surface area contributed by atoms with Crippen LogP contribution in [0.4, 0.5) is 0 Å². The van der Waals surface area contributed by atoms with Gasteiger partial charge in [-0.05, 0) is 23.6 Å². The summed E-state index contributed by atoms with van der Waals surface area (Å²) in [5, 5.41) is 6.57. The van der Waals surface area contributed by atoms with Crippen molar-refractivity contribution in [2.45, 2.75) is 19.5 Å². The van der Waals surface area contributed by atoms with Crippen molar-refractivity contribution < 1.29 is 9.47 Å². The summed E-state index contributed by atoms with van der Waals surface area (Å²) in [5.41, 5.74) is 2.25. The molecule has 7 heteroatoms. The number of aromatic nitrogens is 1. The lowest BCUT2D eigenvalue weighted by atomic mass is 10.1. The van der Waals surface area contributed by atoms with Gasteiger partial charge >= 0.3 is 0 Å².